The first kappa shape index (κ1) is 16.4. The van der Waals surface area contributed by atoms with Crippen LogP contribution in [0.25, 0.3) is 10.9 Å². The Morgan fingerprint density at radius 2 is 1.85 bits per heavy atom. The van der Waals surface area contributed by atoms with Gasteiger partial charge in [0.15, 0.2) is 11.5 Å². The third kappa shape index (κ3) is 2.66. The summed E-state index contributed by atoms with van der Waals surface area (Å²) in [6.45, 7) is 0. The Morgan fingerprint density at radius 1 is 1.12 bits per heavy atom. The number of fused-ring (bicyclic) bond motifs is 2. The van der Waals surface area contributed by atoms with E-state index in [0.29, 0.717) is 40.6 Å². The molecule has 0 spiro atoms. The second-order valence-electron chi connectivity index (χ2n) is 6.25. The molecule has 2 atom stereocenters. The van der Waals surface area contributed by atoms with Gasteiger partial charge in [0.1, 0.15) is 5.82 Å². The van der Waals surface area contributed by atoms with Crippen molar-refractivity contribution in [3.8, 4) is 11.5 Å². The van der Waals surface area contributed by atoms with Crippen LogP contribution in [0.3, 0.4) is 0 Å². The van der Waals surface area contributed by atoms with Crippen molar-refractivity contribution in [3.05, 3.63) is 47.5 Å². The molecule has 3 aromatic rings. The molecular formula is C19H20N4O3. The van der Waals surface area contributed by atoms with Crippen LogP contribution in [0.2, 0.25) is 0 Å². The van der Waals surface area contributed by atoms with Gasteiger partial charge in [0, 0.05) is 17.9 Å². The maximum absolute atomic E-state index is 10.4. The number of rotatable bonds is 4. The number of aliphatic hydroxyl groups is 1. The predicted octanol–water partition coefficient (Wildman–Crippen LogP) is 2.30. The summed E-state index contributed by atoms with van der Waals surface area (Å²) >= 11 is 0. The van der Waals surface area contributed by atoms with Gasteiger partial charge in [-0.3, -0.25) is 0 Å². The summed E-state index contributed by atoms with van der Waals surface area (Å²) in [5.41, 5.74) is 8.94. The molecule has 134 valence electrons. The first-order chi connectivity index (χ1) is 12.6. The average Bonchev–Trinajstić information content (AvgIpc) is 2.96. The smallest absolute Gasteiger partial charge is 0.225 e. The molecule has 7 heteroatoms. The average molecular weight is 352 g/mol. The molecule has 0 radical (unpaired) electrons. The predicted molar refractivity (Wildman–Crippen MR) is 99.6 cm³/mol. The highest BCUT2D eigenvalue weighted by atomic mass is 16.5. The Hall–Kier alpha value is -3.06. The van der Waals surface area contributed by atoms with Gasteiger partial charge in [0.05, 0.1) is 31.9 Å². The molecule has 4 N–H and O–H groups in total. The van der Waals surface area contributed by atoms with Crippen LogP contribution in [0.5, 0.6) is 11.5 Å². The van der Waals surface area contributed by atoms with Gasteiger partial charge in [-0.2, -0.15) is 4.98 Å². The zero-order valence-corrected chi connectivity index (χ0v) is 14.6. The minimum atomic E-state index is -0.543. The summed E-state index contributed by atoms with van der Waals surface area (Å²) in [4.78, 5) is 8.89. The second kappa shape index (κ2) is 6.34. The number of methoxy groups -OCH3 is 2. The number of nitrogens with two attached hydrogens (primary N) is 1. The summed E-state index contributed by atoms with van der Waals surface area (Å²) in [5, 5.41) is 14.3. The van der Waals surface area contributed by atoms with Crippen molar-refractivity contribution in [3.63, 3.8) is 0 Å². The number of hydrogen-bond acceptors (Lipinski definition) is 7. The number of nitrogens with zero attached hydrogens (tertiary/aromatic N) is 2. The van der Waals surface area contributed by atoms with Gasteiger partial charge in [0.25, 0.3) is 0 Å². The molecule has 0 aliphatic heterocycles. The quantitative estimate of drug-likeness (QED) is 0.662. The maximum atomic E-state index is 10.4. The minimum absolute atomic E-state index is 0.275. The first-order valence-electron chi connectivity index (χ1n) is 8.32. The van der Waals surface area contributed by atoms with Crippen LogP contribution in [0, 0.1) is 0 Å². The number of anilines is 2. The normalized spacial score (nSPS) is 18.6. The topological polar surface area (TPSA) is 103 Å². The van der Waals surface area contributed by atoms with E-state index in [0.717, 1.165) is 11.1 Å². The van der Waals surface area contributed by atoms with Crippen LogP contribution >= 0.6 is 0 Å². The molecule has 1 aromatic heterocycles. The van der Waals surface area contributed by atoms with E-state index in [1.165, 1.54) is 0 Å². The van der Waals surface area contributed by atoms with E-state index in [1.54, 1.807) is 26.4 Å². The third-order valence-corrected chi connectivity index (χ3v) is 4.72. The van der Waals surface area contributed by atoms with Gasteiger partial charge in [-0.25, -0.2) is 4.98 Å². The van der Waals surface area contributed by atoms with Crippen molar-refractivity contribution in [1.82, 2.24) is 9.97 Å². The zero-order chi connectivity index (χ0) is 18.3. The van der Waals surface area contributed by atoms with E-state index >= 15 is 0 Å². The Kier molecular flexibility index (Phi) is 4.00. The van der Waals surface area contributed by atoms with Gasteiger partial charge < -0.3 is 25.6 Å². The highest BCUT2D eigenvalue weighted by Gasteiger charge is 2.31. The Bertz CT molecular complexity index is 976. The van der Waals surface area contributed by atoms with E-state index in [2.05, 4.69) is 15.3 Å². The van der Waals surface area contributed by atoms with Gasteiger partial charge in [-0.05, 0) is 17.2 Å². The molecular weight excluding hydrogens is 332 g/mol. The molecule has 0 unspecified atom stereocenters. The fourth-order valence-electron chi connectivity index (χ4n) is 3.43. The Labute approximate surface area is 150 Å². The lowest BCUT2D eigenvalue weighted by Gasteiger charge is -2.18. The Balaban J connectivity index is 1.74. The molecule has 0 fully saturated rings. The number of hydrogen-bond donors (Lipinski definition) is 3. The van der Waals surface area contributed by atoms with Crippen LogP contribution in [0.15, 0.2) is 36.4 Å². The lowest BCUT2D eigenvalue weighted by atomic mass is 10.1. The highest BCUT2D eigenvalue weighted by molar-refractivity contribution is 5.91. The first-order valence-corrected chi connectivity index (χ1v) is 8.32. The molecule has 1 heterocycles. The lowest BCUT2D eigenvalue weighted by molar-refractivity contribution is 0.165. The molecule has 0 saturated heterocycles. The largest absolute Gasteiger partial charge is 0.493 e. The molecule has 1 aliphatic carbocycles. The van der Waals surface area contributed by atoms with E-state index in [4.69, 9.17) is 15.2 Å². The van der Waals surface area contributed by atoms with Crippen molar-refractivity contribution < 1.29 is 14.6 Å². The van der Waals surface area contributed by atoms with Crippen LogP contribution in [0.1, 0.15) is 17.2 Å². The minimum Gasteiger partial charge on any atom is -0.493 e. The third-order valence-electron chi connectivity index (χ3n) is 4.72. The van der Waals surface area contributed by atoms with Gasteiger partial charge >= 0.3 is 0 Å². The number of aliphatic hydroxyl groups excluding tert-OH is 1. The molecule has 7 nitrogen and oxygen atoms in total. The highest BCUT2D eigenvalue weighted by Crippen LogP contribution is 2.36. The van der Waals surface area contributed by atoms with Crippen molar-refractivity contribution in [2.75, 3.05) is 25.3 Å². The number of benzene rings is 2. The van der Waals surface area contributed by atoms with E-state index in [9.17, 15) is 5.11 Å². The fourth-order valence-corrected chi connectivity index (χ4v) is 3.43. The van der Waals surface area contributed by atoms with Crippen LogP contribution < -0.4 is 20.5 Å². The molecule has 0 bridgehead atoms. The molecule has 2 aromatic carbocycles. The molecule has 1 aliphatic rings. The zero-order valence-electron chi connectivity index (χ0n) is 14.6. The molecule has 26 heavy (non-hydrogen) atoms. The summed E-state index contributed by atoms with van der Waals surface area (Å²) in [7, 11) is 3.13. The number of ether oxygens (including phenoxy) is 2. The molecule has 0 saturated carbocycles. The molecule has 4 rings (SSSR count). The molecule has 0 amide bonds. The second-order valence-corrected chi connectivity index (χ2v) is 6.25. The summed E-state index contributed by atoms with van der Waals surface area (Å²) in [6, 6.07) is 11.2. The summed E-state index contributed by atoms with van der Waals surface area (Å²) < 4.78 is 10.6. The summed E-state index contributed by atoms with van der Waals surface area (Å²) in [5.74, 6) is 1.83. The van der Waals surface area contributed by atoms with Crippen molar-refractivity contribution in [2.45, 2.75) is 18.6 Å². The van der Waals surface area contributed by atoms with E-state index < -0.39 is 6.10 Å². The lowest BCUT2D eigenvalue weighted by Crippen LogP contribution is -2.22. The standard InChI is InChI=1S/C19H20N4O3/c1-25-15-8-12-13(9-16(15)26-2)21-19(23-18(12)20)22-17-11-6-4-3-5-10(11)7-14(17)24/h3-6,8-9,14,17,24H,7H2,1-2H3,(H3,20,21,22,23)/t14-,17+/m1/s1. The van der Waals surface area contributed by atoms with Crippen molar-refractivity contribution >= 4 is 22.7 Å². The van der Waals surface area contributed by atoms with Crippen LogP contribution in [-0.4, -0.2) is 35.4 Å². The summed E-state index contributed by atoms with van der Waals surface area (Å²) in [6.07, 6.45) is 0.0559. The van der Waals surface area contributed by atoms with Gasteiger partial charge in [-0.15, -0.1) is 0 Å². The number of nitrogen functional groups attached to an aromatic ring is 1. The van der Waals surface area contributed by atoms with Gasteiger partial charge in [0.2, 0.25) is 5.95 Å². The van der Waals surface area contributed by atoms with Crippen LogP contribution in [0.4, 0.5) is 11.8 Å². The number of aromatic nitrogens is 2. The van der Waals surface area contributed by atoms with Crippen molar-refractivity contribution in [2.24, 2.45) is 0 Å². The SMILES string of the molecule is COc1cc2nc(N[C@H]3c4ccccc4C[C@H]3O)nc(N)c2cc1OC. The maximum Gasteiger partial charge on any atom is 0.225 e. The van der Waals surface area contributed by atoms with Crippen molar-refractivity contribution in [1.29, 1.82) is 0 Å². The fraction of sp³-hybridized carbons (Fsp3) is 0.263. The number of nitrogens with one attached hydrogen (secondary N) is 1. The van der Waals surface area contributed by atoms with E-state index in [1.807, 2.05) is 24.3 Å². The van der Waals surface area contributed by atoms with Gasteiger partial charge in [-0.1, -0.05) is 24.3 Å². The Morgan fingerprint density at radius 3 is 2.62 bits per heavy atom. The van der Waals surface area contributed by atoms with E-state index in [-0.39, 0.29) is 6.04 Å². The monoisotopic (exact) mass is 352 g/mol. The van der Waals surface area contributed by atoms with Crippen LogP contribution in [-0.2, 0) is 6.42 Å².